The summed E-state index contributed by atoms with van der Waals surface area (Å²) in [5.74, 6) is 0. The minimum atomic E-state index is -0.0404. The Bertz CT molecular complexity index is 871. The second-order valence-electron chi connectivity index (χ2n) is 5.50. The number of hydrogen-bond donors (Lipinski definition) is 1. The fourth-order valence-electron chi connectivity index (χ4n) is 2.45. The molecule has 6 heteroatoms. The van der Waals surface area contributed by atoms with Gasteiger partial charge in [-0.2, -0.15) is 0 Å². The van der Waals surface area contributed by atoms with Gasteiger partial charge in [0.05, 0.1) is 11.9 Å². The summed E-state index contributed by atoms with van der Waals surface area (Å²) in [5, 5.41) is 2.12. The molecule has 1 unspecified atom stereocenters. The standard InChI is InChI=1S/C16H16BrN3OS/c1-11-5-6-22-14(11)10-19(2)9-13-7-16(21)20-8-12(17)3-4-15(20)18-13/h3-8H,9-10H2,1-2H3/p+1. The molecule has 3 heterocycles. The molecule has 0 spiro atoms. The van der Waals surface area contributed by atoms with Crippen molar-refractivity contribution in [2.45, 2.75) is 20.0 Å². The van der Waals surface area contributed by atoms with Crippen molar-refractivity contribution in [3.05, 3.63) is 66.8 Å². The Hall–Kier alpha value is -1.50. The molecule has 0 aromatic carbocycles. The first-order valence-corrected chi connectivity index (χ1v) is 8.72. The van der Waals surface area contributed by atoms with Crippen molar-refractivity contribution in [2.75, 3.05) is 7.05 Å². The number of nitrogens with zero attached hydrogens (tertiary/aromatic N) is 2. The maximum Gasteiger partial charge on any atom is 0.258 e. The molecule has 0 aliphatic heterocycles. The summed E-state index contributed by atoms with van der Waals surface area (Å²) < 4.78 is 2.43. The van der Waals surface area contributed by atoms with Crippen LogP contribution >= 0.6 is 27.3 Å². The lowest BCUT2D eigenvalue weighted by Gasteiger charge is -2.13. The Morgan fingerprint density at radius 1 is 1.32 bits per heavy atom. The van der Waals surface area contributed by atoms with Gasteiger partial charge in [-0.1, -0.05) is 0 Å². The van der Waals surface area contributed by atoms with Gasteiger partial charge in [0, 0.05) is 16.7 Å². The average Bonchev–Trinajstić information content (AvgIpc) is 2.85. The summed E-state index contributed by atoms with van der Waals surface area (Å²) in [4.78, 5) is 19.5. The van der Waals surface area contributed by atoms with E-state index in [1.165, 1.54) is 15.3 Å². The fourth-order valence-corrected chi connectivity index (χ4v) is 3.80. The van der Waals surface area contributed by atoms with Gasteiger partial charge in [0.15, 0.2) is 0 Å². The lowest BCUT2D eigenvalue weighted by molar-refractivity contribution is -0.907. The van der Waals surface area contributed by atoms with E-state index in [0.29, 0.717) is 5.65 Å². The monoisotopic (exact) mass is 378 g/mol. The molecule has 0 bridgehead atoms. The molecule has 3 aromatic heterocycles. The Morgan fingerprint density at radius 3 is 2.86 bits per heavy atom. The van der Waals surface area contributed by atoms with E-state index >= 15 is 0 Å². The van der Waals surface area contributed by atoms with E-state index in [1.54, 1.807) is 28.0 Å². The molecule has 3 aromatic rings. The largest absolute Gasteiger partial charge is 0.328 e. The van der Waals surface area contributed by atoms with Crippen molar-refractivity contribution < 1.29 is 4.90 Å². The van der Waals surface area contributed by atoms with Gasteiger partial charge in [-0.3, -0.25) is 9.20 Å². The molecule has 0 radical (unpaired) electrons. The van der Waals surface area contributed by atoms with Gasteiger partial charge < -0.3 is 4.90 Å². The van der Waals surface area contributed by atoms with Gasteiger partial charge in [0.25, 0.3) is 5.56 Å². The van der Waals surface area contributed by atoms with E-state index < -0.39 is 0 Å². The molecular weight excluding hydrogens is 362 g/mol. The summed E-state index contributed by atoms with van der Waals surface area (Å²) in [5.41, 5.74) is 2.81. The van der Waals surface area contributed by atoms with Crippen molar-refractivity contribution in [1.29, 1.82) is 0 Å². The zero-order valence-corrected chi connectivity index (χ0v) is 14.9. The van der Waals surface area contributed by atoms with Crippen LogP contribution in [-0.2, 0) is 13.1 Å². The molecule has 0 amide bonds. The SMILES string of the molecule is Cc1ccsc1C[NH+](C)Cc1cc(=O)n2cc(Br)ccc2n1. The van der Waals surface area contributed by atoms with Crippen LogP contribution in [0.2, 0.25) is 0 Å². The minimum absolute atomic E-state index is 0.0404. The van der Waals surface area contributed by atoms with Gasteiger partial charge in [-0.25, -0.2) is 4.98 Å². The first-order valence-electron chi connectivity index (χ1n) is 7.05. The van der Waals surface area contributed by atoms with Crippen LogP contribution in [0.15, 0.2) is 45.1 Å². The molecule has 3 rings (SSSR count). The highest BCUT2D eigenvalue weighted by atomic mass is 79.9. The van der Waals surface area contributed by atoms with Crippen LogP contribution in [0.5, 0.6) is 0 Å². The number of aryl methyl sites for hydroxylation is 1. The third-order valence-electron chi connectivity index (χ3n) is 3.59. The summed E-state index contributed by atoms with van der Waals surface area (Å²) in [7, 11) is 2.13. The van der Waals surface area contributed by atoms with E-state index in [1.807, 2.05) is 12.1 Å². The normalized spacial score (nSPS) is 12.7. The highest BCUT2D eigenvalue weighted by Gasteiger charge is 2.11. The van der Waals surface area contributed by atoms with Crippen LogP contribution in [0.4, 0.5) is 0 Å². The summed E-state index contributed by atoms with van der Waals surface area (Å²) in [6.07, 6.45) is 1.75. The second kappa shape index (κ2) is 6.32. The van der Waals surface area contributed by atoms with Crippen LogP contribution in [0.3, 0.4) is 0 Å². The van der Waals surface area contributed by atoms with Crippen molar-refractivity contribution in [3.8, 4) is 0 Å². The van der Waals surface area contributed by atoms with E-state index in [0.717, 1.165) is 23.3 Å². The third kappa shape index (κ3) is 3.29. The predicted molar refractivity (Wildman–Crippen MR) is 92.5 cm³/mol. The number of pyridine rings is 1. The summed E-state index contributed by atoms with van der Waals surface area (Å²) in [6, 6.07) is 7.53. The lowest BCUT2D eigenvalue weighted by atomic mass is 10.2. The molecule has 1 atom stereocenters. The molecule has 0 aliphatic carbocycles. The van der Waals surface area contributed by atoms with E-state index in [2.05, 4.69) is 46.3 Å². The van der Waals surface area contributed by atoms with E-state index in [4.69, 9.17) is 0 Å². The predicted octanol–water partition coefficient (Wildman–Crippen LogP) is 2.04. The fraction of sp³-hybridized carbons (Fsp3) is 0.250. The lowest BCUT2D eigenvalue weighted by Crippen LogP contribution is -3.06. The first-order chi connectivity index (χ1) is 10.5. The molecule has 0 saturated heterocycles. The minimum Gasteiger partial charge on any atom is -0.328 e. The zero-order valence-electron chi connectivity index (χ0n) is 12.5. The highest BCUT2D eigenvalue weighted by Crippen LogP contribution is 2.14. The quantitative estimate of drug-likeness (QED) is 0.754. The number of rotatable bonds is 4. The van der Waals surface area contributed by atoms with Crippen LogP contribution in [0.1, 0.15) is 16.1 Å². The smallest absolute Gasteiger partial charge is 0.258 e. The third-order valence-corrected chi connectivity index (χ3v) is 5.08. The average molecular weight is 379 g/mol. The Kier molecular flexibility index (Phi) is 4.42. The number of hydrogen-bond acceptors (Lipinski definition) is 3. The number of aromatic nitrogens is 2. The van der Waals surface area contributed by atoms with Crippen molar-refractivity contribution in [2.24, 2.45) is 0 Å². The molecule has 22 heavy (non-hydrogen) atoms. The van der Waals surface area contributed by atoms with Crippen LogP contribution in [0.25, 0.3) is 5.65 Å². The maximum atomic E-state index is 12.2. The van der Waals surface area contributed by atoms with Gasteiger partial charge >= 0.3 is 0 Å². The number of halogens is 1. The summed E-state index contributed by atoms with van der Waals surface area (Å²) in [6.45, 7) is 3.82. The summed E-state index contributed by atoms with van der Waals surface area (Å²) >= 11 is 5.16. The van der Waals surface area contributed by atoms with E-state index in [9.17, 15) is 4.79 Å². The van der Waals surface area contributed by atoms with Gasteiger partial charge in [0.2, 0.25) is 0 Å². The van der Waals surface area contributed by atoms with Gasteiger partial charge in [-0.15, -0.1) is 11.3 Å². The number of fused-ring (bicyclic) bond motifs is 1. The highest BCUT2D eigenvalue weighted by molar-refractivity contribution is 9.10. The molecule has 0 aliphatic rings. The Morgan fingerprint density at radius 2 is 2.14 bits per heavy atom. The zero-order chi connectivity index (χ0) is 15.7. The van der Waals surface area contributed by atoms with Gasteiger partial charge in [-0.05, 0) is 52.0 Å². The molecule has 114 valence electrons. The number of nitrogens with one attached hydrogen (secondary N) is 1. The van der Waals surface area contributed by atoms with E-state index in [-0.39, 0.29) is 5.56 Å². The molecule has 4 nitrogen and oxygen atoms in total. The molecule has 0 saturated carbocycles. The van der Waals surface area contributed by atoms with Gasteiger partial charge in [0.1, 0.15) is 24.4 Å². The molecular formula is C16H17BrN3OS+. The first kappa shape index (κ1) is 15.4. The number of quaternary nitrogens is 1. The topological polar surface area (TPSA) is 38.8 Å². The molecule has 1 N–H and O–H groups in total. The second-order valence-corrected chi connectivity index (χ2v) is 7.42. The van der Waals surface area contributed by atoms with Crippen molar-refractivity contribution in [1.82, 2.24) is 9.38 Å². The van der Waals surface area contributed by atoms with Crippen molar-refractivity contribution in [3.63, 3.8) is 0 Å². The maximum absolute atomic E-state index is 12.2. The van der Waals surface area contributed by atoms with Crippen LogP contribution in [-0.4, -0.2) is 16.4 Å². The van der Waals surface area contributed by atoms with Crippen molar-refractivity contribution >= 4 is 32.9 Å². The number of thiophene rings is 1. The molecule has 0 fully saturated rings. The Balaban J connectivity index is 1.83. The van der Waals surface area contributed by atoms with Crippen LogP contribution in [0, 0.1) is 6.92 Å². The Labute approximate surface area is 141 Å². The van der Waals surface area contributed by atoms with Crippen LogP contribution < -0.4 is 10.5 Å².